The van der Waals surface area contributed by atoms with Gasteiger partial charge in [-0.1, -0.05) is 35.3 Å². The number of aliphatic imine (C=N–C) groups is 1. The van der Waals surface area contributed by atoms with Crippen molar-refractivity contribution in [2.24, 2.45) is 15.2 Å². The van der Waals surface area contributed by atoms with E-state index in [1.807, 2.05) is 31.2 Å². The van der Waals surface area contributed by atoms with Gasteiger partial charge in [-0.3, -0.25) is 15.1 Å². The maximum Gasteiger partial charge on any atom is 0.270 e. The molecule has 0 aliphatic heterocycles. The molecule has 0 bridgehead atoms. The summed E-state index contributed by atoms with van der Waals surface area (Å²) in [7, 11) is 0. The molecule has 0 fully saturated rings. The second-order valence-electron chi connectivity index (χ2n) is 6.70. The molecule has 0 atom stereocenters. The summed E-state index contributed by atoms with van der Waals surface area (Å²) in [6.07, 6.45) is 1.66. The van der Waals surface area contributed by atoms with Crippen LogP contribution in [0.3, 0.4) is 0 Å². The van der Waals surface area contributed by atoms with Gasteiger partial charge in [0.15, 0.2) is 0 Å². The van der Waals surface area contributed by atoms with Crippen molar-refractivity contribution in [3.63, 3.8) is 0 Å². The van der Waals surface area contributed by atoms with E-state index in [-0.39, 0.29) is 5.69 Å². The molecule has 0 saturated carbocycles. The molecule has 0 unspecified atom stereocenters. The zero-order valence-corrected chi connectivity index (χ0v) is 17.7. The van der Waals surface area contributed by atoms with Crippen LogP contribution >= 0.6 is 23.2 Å². The molecular formula is C22H15Cl2N5O2. The Hall–Kier alpha value is -3.55. The van der Waals surface area contributed by atoms with Crippen molar-refractivity contribution in [2.45, 2.75) is 6.92 Å². The quantitative estimate of drug-likeness (QED) is 0.144. The molecule has 31 heavy (non-hydrogen) atoms. The summed E-state index contributed by atoms with van der Waals surface area (Å²) in [6, 6.07) is 17.1. The Morgan fingerprint density at radius 2 is 1.74 bits per heavy atom. The first-order valence-corrected chi connectivity index (χ1v) is 9.94. The summed E-state index contributed by atoms with van der Waals surface area (Å²) in [5, 5.41) is 21.2. The molecular weight excluding hydrogens is 437 g/mol. The normalized spacial score (nSPS) is 12.0. The van der Waals surface area contributed by atoms with E-state index in [0.717, 1.165) is 16.8 Å². The number of nitrogens with zero attached hydrogens (tertiary/aromatic N) is 4. The van der Waals surface area contributed by atoms with E-state index < -0.39 is 4.92 Å². The van der Waals surface area contributed by atoms with Crippen LogP contribution in [0.1, 0.15) is 12.5 Å². The van der Waals surface area contributed by atoms with Gasteiger partial charge >= 0.3 is 0 Å². The van der Waals surface area contributed by atoms with E-state index in [0.29, 0.717) is 32.5 Å². The highest BCUT2D eigenvalue weighted by atomic mass is 35.5. The van der Waals surface area contributed by atoms with E-state index >= 15 is 0 Å². The van der Waals surface area contributed by atoms with Gasteiger partial charge in [0.05, 0.1) is 21.3 Å². The third-order valence-corrected chi connectivity index (χ3v) is 5.16. The van der Waals surface area contributed by atoms with Crippen molar-refractivity contribution in [2.75, 3.05) is 0 Å². The third-order valence-electron chi connectivity index (χ3n) is 4.61. The molecule has 7 nitrogen and oxygen atoms in total. The number of aromatic amines is 1. The van der Waals surface area contributed by atoms with Crippen LogP contribution < -0.4 is 0 Å². The standard InChI is InChI=1S/C22H15Cl2N5O2/c1-13(26-21-10-15(23)4-8-19(21)24)14-2-5-16(6-3-14)27-28-22-12-25-20-9-7-17(29(30)31)11-18(20)22/h2-12,25H,1H3. The van der Waals surface area contributed by atoms with Crippen molar-refractivity contribution in [3.8, 4) is 0 Å². The molecule has 0 spiro atoms. The van der Waals surface area contributed by atoms with Crippen LogP contribution in [0.15, 0.2) is 82.1 Å². The minimum Gasteiger partial charge on any atom is -0.359 e. The molecule has 3 aromatic carbocycles. The zero-order valence-electron chi connectivity index (χ0n) is 16.2. The maximum absolute atomic E-state index is 11.0. The van der Waals surface area contributed by atoms with Gasteiger partial charge in [0.1, 0.15) is 5.69 Å². The number of aromatic nitrogens is 1. The summed E-state index contributed by atoms with van der Waals surface area (Å²) in [5.41, 5.74) is 4.19. The molecule has 0 aliphatic carbocycles. The Bertz CT molecular complexity index is 1340. The molecule has 4 rings (SSSR count). The van der Waals surface area contributed by atoms with Crippen molar-refractivity contribution in [3.05, 3.63) is 92.6 Å². The highest BCUT2D eigenvalue weighted by Gasteiger charge is 2.10. The summed E-state index contributed by atoms with van der Waals surface area (Å²) in [6.45, 7) is 1.88. The molecule has 0 amide bonds. The van der Waals surface area contributed by atoms with Crippen LogP contribution in [0, 0.1) is 10.1 Å². The number of fused-ring (bicyclic) bond motifs is 1. The largest absolute Gasteiger partial charge is 0.359 e. The summed E-state index contributed by atoms with van der Waals surface area (Å²) in [5.74, 6) is 0. The number of nitro benzene ring substituents is 1. The van der Waals surface area contributed by atoms with Crippen molar-refractivity contribution < 1.29 is 4.92 Å². The number of rotatable bonds is 5. The summed E-state index contributed by atoms with van der Waals surface area (Å²) >= 11 is 12.2. The van der Waals surface area contributed by atoms with Crippen molar-refractivity contribution >= 4 is 62.6 Å². The Balaban J connectivity index is 1.56. The average molecular weight is 452 g/mol. The highest BCUT2D eigenvalue weighted by Crippen LogP contribution is 2.31. The molecule has 0 saturated heterocycles. The van der Waals surface area contributed by atoms with Gasteiger partial charge in [0.25, 0.3) is 5.69 Å². The molecule has 1 heterocycles. The van der Waals surface area contributed by atoms with Crippen molar-refractivity contribution in [1.29, 1.82) is 0 Å². The first kappa shape index (κ1) is 20.7. The van der Waals surface area contributed by atoms with Gasteiger partial charge in [-0.2, -0.15) is 5.11 Å². The van der Waals surface area contributed by atoms with Gasteiger partial charge in [-0.15, -0.1) is 5.11 Å². The number of non-ortho nitro benzene ring substituents is 1. The lowest BCUT2D eigenvalue weighted by atomic mass is 10.1. The number of hydrogen-bond donors (Lipinski definition) is 1. The molecule has 0 radical (unpaired) electrons. The van der Waals surface area contributed by atoms with E-state index in [1.54, 1.807) is 30.5 Å². The van der Waals surface area contributed by atoms with E-state index in [9.17, 15) is 10.1 Å². The van der Waals surface area contributed by atoms with Gasteiger partial charge in [-0.05, 0) is 48.9 Å². The average Bonchev–Trinajstić information content (AvgIpc) is 3.17. The number of nitro groups is 1. The van der Waals surface area contributed by atoms with Crippen LogP contribution in [0.2, 0.25) is 10.0 Å². The number of nitrogens with one attached hydrogen (secondary N) is 1. The second-order valence-corrected chi connectivity index (χ2v) is 7.54. The van der Waals surface area contributed by atoms with Crippen LogP contribution in [0.25, 0.3) is 10.9 Å². The van der Waals surface area contributed by atoms with Gasteiger partial charge in [0, 0.05) is 40.0 Å². The van der Waals surface area contributed by atoms with Gasteiger partial charge in [-0.25, -0.2) is 0 Å². The number of azo groups is 1. The Morgan fingerprint density at radius 3 is 2.48 bits per heavy atom. The first-order chi connectivity index (χ1) is 14.9. The molecule has 4 aromatic rings. The predicted molar refractivity (Wildman–Crippen MR) is 124 cm³/mol. The maximum atomic E-state index is 11.0. The zero-order chi connectivity index (χ0) is 22.0. The monoisotopic (exact) mass is 451 g/mol. The SMILES string of the molecule is CC(=Nc1cc(Cl)ccc1Cl)c1ccc(N=Nc2c[nH]c3ccc([N+](=O)[O-])cc23)cc1. The Labute approximate surface area is 187 Å². The Kier molecular flexibility index (Phi) is 5.79. The van der Waals surface area contributed by atoms with Gasteiger partial charge < -0.3 is 4.98 Å². The van der Waals surface area contributed by atoms with E-state index in [4.69, 9.17) is 23.2 Å². The number of halogens is 2. The van der Waals surface area contributed by atoms with Crippen molar-refractivity contribution in [1.82, 2.24) is 4.98 Å². The summed E-state index contributed by atoms with van der Waals surface area (Å²) in [4.78, 5) is 18.2. The third kappa shape index (κ3) is 4.63. The van der Waals surface area contributed by atoms with Crippen LogP contribution in [0.5, 0.6) is 0 Å². The first-order valence-electron chi connectivity index (χ1n) is 9.19. The van der Waals surface area contributed by atoms with Crippen LogP contribution in [-0.2, 0) is 0 Å². The lowest BCUT2D eigenvalue weighted by molar-refractivity contribution is -0.384. The predicted octanol–water partition coefficient (Wildman–Crippen LogP) is 7.94. The van der Waals surface area contributed by atoms with Gasteiger partial charge in [0.2, 0.25) is 0 Å². The number of hydrogen-bond acceptors (Lipinski definition) is 5. The molecule has 1 aromatic heterocycles. The lowest BCUT2D eigenvalue weighted by Gasteiger charge is -2.04. The topological polar surface area (TPSA) is 96.0 Å². The minimum absolute atomic E-state index is 0.00229. The molecule has 9 heteroatoms. The van der Waals surface area contributed by atoms with Crippen LogP contribution in [0.4, 0.5) is 22.7 Å². The molecule has 1 N–H and O–H groups in total. The smallest absolute Gasteiger partial charge is 0.270 e. The molecule has 154 valence electrons. The highest BCUT2D eigenvalue weighted by molar-refractivity contribution is 6.35. The van der Waals surface area contributed by atoms with E-state index in [2.05, 4.69) is 20.2 Å². The van der Waals surface area contributed by atoms with Crippen LogP contribution in [-0.4, -0.2) is 15.6 Å². The lowest BCUT2D eigenvalue weighted by Crippen LogP contribution is -1.93. The minimum atomic E-state index is -0.438. The summed E-state index contributed by atoms with van der Waals surface area (Å²) < 4.78 is 0. The fourth-order valence-corrected chi connectivity index (χ4v) is 3.31. The fourth-order valence-electron chi connectivity index (χ4n) is 2.99. The molecule has 0 aliphatic rings. The fraction of sp³-hybridized carbons (Fsp3) is 0.0455. The Morgan fingerprint density at radius 1 is 0.968 bits per heavy atom. The second kappa shape index (κ2) is 8.67. The number of H-pyrrole nitrogens is 1. The number of benzene rings is 3. The van der Waals surface area contributed by atoms with E-state index in [1.165, 1.54) is 12.1 Å².